The van der Waals surface area contributed by atoms with Gasteiger partial charge in [-0.25, -0.2) is 4.79 Å². The fourth-order valence-corrected chi connectivity index (χ4v) is 2.53. The second-order valence-electron chi connectivity index (χ2n) is 5.21. The Morgan fingerprint density at radius 3 is 2.09 bits per heavy atom. The highest BCUT2D eigenvalue weighted by atomic mass is 16.2. The Labute approximate surface area is 128 Å². The van der Waals surface area contributed by atoms with E-state index in [9.17, 15) is 9.59 Å². The maximum Gasteiger partial charge on any atom is 0.322 e. The second kappa shape index (κ2) is 5.89. The molecule has 1 aliphatic rings. The first-order valence-electron chi connectivity index (χ1n) is 7.12. The third kappa shape index (κ3) is 2.79. The maximum atomic E-state index is 12.3. The molecule has 0 fully saturated rings. The molecule has 22 heavy (non-hydrogen) atoms. The fraction of sp³-hybridized carbons (Fsp3) is 0.176. The SMILES string of the molecule is CNC(=O)c1ccc(NC(=O)N2Cc3ccccc3C2)cc1. The molecular formula is C17H17N3O2. The van der Waals surface area contributed by atoms with E-state index in [0.717, 1.165) is 0 Å². The lowest BCUT2D eigenvalue weighted by molar-refractivity contribution is 0.0963. The zero-order valence-corrected chi connectivity index (χ0v) is 12.3. The number of nitrogens with one attached hydrogen (secondary N) is 2. The van der Waals surface area contributed by atoms with E-state index in [-0.39, 0.29) is 11.9 Å². The molecule has 1 aliphatic heterocycles. The first-order chi connectivity index (χ1) is 10.7. The van der Waals surface area contributed by atoms with Gasteiger partial charge in [0, 0.05) is 31.4 Å². The van der Waals surface area contributed by atoms with E-state index in [0.29, 0.717) is 24.3 Å². The van der Waals surface area contributed by atoms with Gasteiger partial charge in [0.05, 0.1) is 0 Å². The molecule has 0 saturated heterocycles. The highest BCUT2D eigenvalue weighted by Gasteiger charge is 2.22. The number of rotatable bonds is 2. The van der Waals surface area contributed by atoms with Gasteiger partial charge in [-0.2, -0.15) is 0 Å². The number of hydrogen-bond acceptors (Lipinski definition) is 2. The summed E-state index contributed by atoms with van der Waals surface area (Å²) in [6.07, 6.45) is 0. The summed E-state index contributed by atoms with van der Waals surface area (Å²) in [5.74, 6) is -0.145. The third-order valence-electron chi connectivity index (χ3n) is 3.75. The molecule has 112 valence electrons. The quantitative estimate of drug-likeness (QED) is 0.894. The minimum atomic E-state index is -0.145. The van der Waals surface area contributed by atoms with Crippen LogP contribution in [0.2, 0.25) is 0 Å². The van der Waals surface area contributed by atoms with Crippen molar-refractivity contribution in [2.24, 2.45) is 0 Å². The highest BCUT2D eigenvalue weighted by Crippen LogP contribution is 2.23. The van der Waals surface area contributed by atoms with E-state index >= 15 is 0 Å². The van der Waals surface area contributed by atoms with Crippen LogP contribution in [0.1, 0.15) is 21.5 Å². The molecular weight excluding hydrogens is 278 g/mol. The van der Waals surface area contributed by atoms with Crippen LogP contribution in [0.25, 0.3) is 0 Å². The Kier molecular flexibility index (Phi) is 3.78. The summed E-state index contributed by atoms with van der Waals surface area (Å²) in [4.78, 5) is 25.5. The third-order valence-corrected chi connectivity index (χ3v) is 3.75. The van der Waals surface area contributed by atoms with Gasteiger partial charge in [0.25, 0.3) is 5.91 Å². The number of carbonyl (C=O) groups excluding carboxylic acids is 2. The summed E-state index contributed by atoms with van der Waals surface area (Å²) in [7, 11) is 1.59. The average Bonchev–Trinajstić information content (AvgIpc) is 2.99. The molecule has 0 unspecified atom stereocenters. The van der Waals surface area contributed by atoms with E-state index in [2.05, 4.69) is 10.6 Å². The van der Waals surface area contributed by atoms with Crippen molar-refractivity contribution in [3.8, 4) is 0 Å². The van der Waals surface area contributed by atoms with Crippen LogP contribution in [0.4, 0.5) is 10.5 Å². The first-order valence-corrected chi connectivity index (χ1v) is 7.12. The lowest BCUT2D eigenvalue weighted by atomic mass is 10.1. The number of fused-ring (bicyclic) bond motifs is 1. The van der Waals surface area contributed by atoms with Gasteiger partial charge < -0.3 is 15.5 Å². The summed E-state index contributed by atoms with van der Waals surface area (Å²) in [5.41, 5.74) is 3.61. The van der Waals surface area contributed by atoms with Crippen molar-refractivity contribution in [2.45, 2.75) is 13.1 Å². The number of benzene rings is 2. The van der Waals surface area contributed by atoms with Crippen LogP contribution >= 0.6 is 0 Å². The zero-order valence-electron chi connectivity index (χ0n) is 12.3. The van der Waals surface area contributed by atoms with Crippen LogP contribution < -0.4 is 10.6 Å². The van der Waals surface area contributed by atoms with Gasteiger partial charge in [-0.15, -0.1) is 0 Å². The summed E-state index contributed by atoms with van der Waals surface area (Å²) in [6.45, 7) is 1.25. The van der Waals surface area contributed by atoms with Crippen LogP contribution in [-0.2, 0) is 13.1 Å². The predicted molar refractivity (Wildman–Crippen MR) is 84.5 cm³/mol. The van der Waals surface area contributed by atoms with Gasteiger partial charge >= 0.3 is 6.03 Å². The molecule has 3 rings (SSSR count). The smallest absolute Gasteiger partial charge is 0.322 e. The molecule has 0 saturated carbocycles. The molecule has 0 spiro atoms. The Bertz CT molecular complexity index is 685. The number of urea groups is 1. The zero-order chi connectivity index (χ0) is 15.5. The maximum absolute atomic E-state index is 12.3. The summed E-state index contributed by atoms with van der Waals surface area (Å²) in [5, 5.41) is 5.42. The fourth-order valence-electron chi connectivity index (χ4n) is 2.53. The Hall–Kier alpha value is -2.82. The molecule has 0 radical (unpaired) electrons. The average molecular weight is 295 g/mol. The van der Waals surface area contributed by atoms with Crippen molar-refractivity contribution in [3.63, 3.8) is 0 Å². The Morgan fingerprint density at radius 1 is 0.955 bits per heavy atom. The van der Waals surface area contributed by atoms with Gasteiger partial charge in [0.15, 0.2) is 0 Å². The molecule has 5 heteroatoms. The van der Waals surface area contributed by atoms with Crippen molar-refractivity contribution < 1.29 is 9.59 Å². The number of nitrogens with zero attached hydrogens (tertiary/aromatic N) is 1. The minimum Gasteiger partial charge on any atom is -0.355 e. The number of carbonyl (C=O) groups is 2. The monoisotopic (exact) mass is 295 g/mol. The number of hydrogen-bond donors (Lipinski definition) is 2. The van der Waals surface area contributed by atoms with Crippen molar-refractivity contribution in [2.75, 3.05) is 12.4 Å². The second-order valence-corrected chi connectivity index (χ2v) is 5.21. The molecule has 0 aliphatic carbocycles. The topological polar surface area (TPSA) is 61.4 Å². The van der Waals surface area contributed by atoms with Gasteiger partial charge in [0.1, 0.15) is 0 Å². The van der Waals surface area contributed by atoms with Crippen molar-refractivity contribution in [1.29, 1.82) is 0 Å². The van der Waals surface area contributed by atoms with E-state index in [1.165, 1.54) is 11.1 Å². The van der Waals surface area contributed by atoms with Crippen LogP contribution in [-0.4, -0.2) is 23.9 Å². The summed E-state index contributed by atoms with van der Waals surface area (Å²) < 4.78 is 0. The van der Waals surface area contributed by atoms with Crippen molar-refractivity contribution in [1.82, 2.24) is 10.2 Å². The molecule has 0 atom stereocenters. The number of anilines is 1. The van der Waals surface area contributed by atoms with Gasteiger partial charge in [-0.1, -0.05) is 24.3 Å². The molecule has 2 aromatic carbocycles. The molecule has 2 aromatic rings. The Balaban J connectivity index is 1.64. The number of amides is 3. The van der Waals surface area contributed by atoms with E-state index in [1.54, 1.807) is 36.2 Å². The van der Waals surface area contributed by atoms with Crippen LogP contribution in [0.5, 0.6) is 0 Å². The van der Waals surface area contributed by atoms with E-state index in [1.807, 2.05) is 24.3 Å². The van der Waals surface area contributed by atoms with E-state index in [4.69, 9.17) is 0 Å². The van der Waals surface area contributed by atoms with Gasteiger partial charge in [-0.05, 0) is 35.4 Å². The van der Waals surface area contributed by atoms with E-state index < -0.39 is 0 Å². The molecule has 0 aromatic heterocycles. The molecule has 2 N–H and O–H groups in total. The molecule has 0 bridgehead atoms. The molecule has 5 nitrogen and oxygen atoms in total. The van der Waals surface area contributed by atoms with Crippen molar-refractivity contribution >= 4 is 17.6 Å². The largest absolute Gasteiger partial charge is 0.355 e. The summed E-state index contributed by atoms with van der Waals surface area (Å²) in [6, 6.07) is 14.7. The minimum absolute atomic E-state index is 0.135. The lowest BCUT2D eigenvalue weighted by Crippen LogP contribution is -2.30. The van der Waals surface area contributed by atoms with Gasteiger partial charge in [-0.3, -0.25) is 4.79 Å². The van der Waals surface area contributed by atoms with Gasteiger partial charge in [0.2, 0.25) is 0 Å². The van der Waals surface area contributed by atoms with Crippen LogP contribution in [0.3, 0.4) is 0 Å². The van der Waals surface area contributed by atoms with Crippen LogP contribution in [0.15, 0.2) is 48.5 Å². The molecule has 3 amide bonds. The van der Waals surface area contributed by atoms with Crippen LogP contribution in [0, 0.1) is 0 Å². The lowest BCUT2D eigenvalue weighted by Gasteiger charge is -2.16. The highest BCUT2D eigenvalue weighted by molar-refractivity contribution is 5.95. The Morgan fingerprint density at radius 2 is 1.55 bits per heavy atom. The van der Waals surface area contributed by atoms with Crippen molar-refractivity contribution in [3.05, 3.63) is 65.2 Å². The summed E-state index contributed by atoms with van der Waals surface area (Å²) >= 11 is 0. The molecule has 1 heterocycles. The predicted octanol–water partition coefficient (Wildman–Crippen LogP) is 2.59. The normalized spacial score (nSPS) is 12.7. The first kappa shape index (κ1) is 14.1. The standard InChI is InChI=1S/C17H17N3O2/c1-18-16(21)12-6-8-15(9-7-12)19-17(22)20-10-13-4-2-3-5-14(13)11-20/h2-9H,10-11H2,1H3,(H,18,21)(H,19,22).